The van der Waals surface area contributed by atoms with E-state index in [0.717, 1.165) is 5.76 Å². The molecular formula is C10H16N2O4. The molecule has 0 fully saturated rings. The number of nitrogens with zero attached hydrogens (tertiary/aromatic N) is 1. The molecule has 0 aliphatic carbocycles. The first kappa shape index (κ1) is 12.7. The van der Waals surface area contributed by atoms with Crippen molar-refractivity contribution >= 4 is 5.97 Å². The number of rotatable bonds is 8. The third-order valence-electron chi connectivity index (χ3n) is 1.74. The fourth-order valence-electron chi connectivity index (χ4n) is 1.05. The molecule has 0 unspecified atom stereocenters. The minimum absolute atomic E-state index is 0.00216. The molecule has 0 radical (unpaired) electrons. The molecule has 1 rings (SSSR count). The molecule has 0 amide bonds. The molecule has 0 saturated carbocycles. The van der Waals surface area contributed by atoms with Crippen LogP contribution in [-0.4, -0.2) is 37.5 Å². The molecule has 0 aromatic carbocycles. The van der Waals surface area contributed by atoms with Crippen LogP contribution >= 0.6 is 0 Å². The Kier molecular flexibility index (Phi) is 6.20. The van der Waals surface area contributed by atoms with E-state index < -0.39 is 0 Å². The van der Waals surface area contributed by atoms with Crippen molar-refractivity contribution in [2.45, 2.75) is 13.5 Å². The number of carbonyl (C=O) groups is 1. The van der Waals surface area contributed by atoms with Crippen molar-refractivity contribution in [2.24, 2.45) is 0 Å². The molecule has 6 heteroatoms. The summed E-state index contributed by atoms with van der Waals surface area (Å²) in [6.45, 7) is 3.83. The van der Waals surface area contributed by atoms with Gasteiger partial charge < -0.3 is 19.3 Å². The maximum Gasteiger partial charge on any atom is 0.332 e. The Morgan fingerprint density at radius 2 is 2.50 bits per heavy atom. The van der Waals surface area contributed by atoms with E-state index in [1.807, 2.05) is 0 Å². The third kappa shape index (κ3) is 5.47. The Bertz CT molecular complexity index is 287. The van der Waals surface area contributed by atoms with Gasteiger partial charge in [-0.25, -0.2) is 4.79 Å². The molecular weight excluding hydrogens is 212 g/mol. The summed E-state index contributed by atoms with van der Waals surface area (Å²) in [5.41, 5.74) is 0. The molecule has 0 spiro atoms. The van der Waals surface area contributed by atoms with Gasteiger partial charge in [0.25, 0.3) is 0 Å². The van der Waals surface area contributed by atoms with Gasteiger partial charge in [0, 0.05) is 12.6 Å². The number of esters is 1. The number of ether oxygens (including phenoxy) is 2. The molecule has 0 aliphatic heterocycles. The van der Waals surface area contributed by atoms with Crippen LogP contribution in [0.1, 0.15) is 12.7 Å². The SMILES string of the molecule is CCOC(=O)COCCNCc1ccno1. The summed E-state index contributed by atoms with van der Waals surface area (Å²) in [5, 5.41) is 6.66. The Balaban J connectivity index is 1.90. The third-order valence-corrected chi connectivity index (χ3v) is 1.74. The molecule has 16 heavy (non-hydrogen) atoms. The lowest BCUT2D eigenvalue weighted by molar-refractivity contribution is -0.148. The molecule has 1 heterocycles. The van der Waals surface area contributed by atoms with E-state index in [4.69, 9.17) is 14.0 Å². The van der Waals surface area contributed by atoms with Gasteiger partial charge >= 0.3 is 5.97 Å². The highest BCUT2D eigenvalue weighted by molar-refractivity contribution is 5.70. The van der Waals surface area contributed by atoms with E-state index in [1.54, 1.807) is 19.2 Å². The van der Waals surface area contributed by atoms with E-state index in [9.17, 15) is 4.79 Å². The Morgan fingerprint density at radius 3 is 3.19 bits per heavy atom. The lowest BCUT2D eigenvalue weighted by atomic mass is 10.4. The highest BCUT2D eigenvalue weighted by atomic mass is 16.6. The lowest BCUT2D eigenvalue weighted by Crippen LogP contribution is -2.21. The van der Waals surface area contributed by atoms with E-state index in [0.29, 0.717) is 26.3 Å². The van der Waals surface area contributed by atoms with E-state index in [1.165, 1.54) is 0 Å². The molecule has 6 nitrogen and oxygen atoms in total. The summed E-state index contributed by atoms with van der Waals surface area (Å²) < 4.78 is 14.7. The second kappa shape index (κ2) is 7.84. The van der Waals surface area contributed by atoms with Gasteiger partial charge in [-0.05, 0) is 6.92 Å². The van der Waals surface area contributed by atoms with Gasteiger partial charge in [-0.3, -0.25) is 0 Å². The molecule has 0 aliphatic rings. The first-order valence-corrected chi connectivity index (χ1v) is 5.16. The summed E-state index contributed by atoms with van der Waals surface area (Å²) in [6, 6.07) is 1.78. The number of nitrogens with one attached hydrogen (secondary N) is 1. The topological polar surface area (TPSA) is 73.6 Å². The van der Waals surface area contributed by atoms with Gasteiger partial charge in [-0.15, -0.1) is 0 Å². The standard InChI is InChI=1S/C10H16N2O4/c1-2-15-10(13)8-14-6-5-11-7-9-3-4-12-16-9/h3-4,11H,2,5-8H2,1H3. The van der Waals surface area contributed by atoms with Crippen LogP contribution < -0.4 is 5.32 Å². The van der Waals surface area contributed by atoms with Crippen LogP contribution in [0.2, 0.25) is 0 Å². The zero-order chi connectivity index (χ0) is 11.6. The maximum absolute atomic E-state index is 10.9. The quantitative estimate of drug-likeness (QED) is 0.511. The highest BCUT2D eigenvalue weighted by Gasteiger charge is 2.00. The minimum Gasteiger partial charge on any atom is -0.464 e. The van der Waals surface area contributed by atoms with Gasteiger partial charge in [0.1, 0.15) is 12.4 Å². The zero-order valence-corrected chi connectivity index (χ0v) is 9.27. The Labute approximate surface area is 93.9 Å². The summed E-state index contributed by atoms with van der Waals surface area (Å²) >= 11 is 0. The molecule has 1 N–H and O–H groups in total. The molecule has 0 atom stereocenters. The lowest BCUT2D eigenvalue weighted by Gasteiger charge is -2.04. The number of aromatic nitrogens is 1. The Hall–Kier alpha value is -1.40. The van der Waals surface area contributed by atoms with Crippen molar-refractivity contribution in [3.63, 3.8) is 0 Å². The summed E-state index contributed by atoms with van der Waals surface area (Å²) in [7, 11) is 0. The predicted molar refractivity (Wildman–Crippen MR) is 55.7 cm³/mol. The van der Waals surface area contributed by atoms with Crippen molar-refractivity contribution in [3.05, 3.63) is 18.0 Å². The maximum atomic E-state index is 10.9. The number of hydrogen-bond acceptors (Lipinski definition) is 6. The van der Waals surface area contributed by atoms with Crippen LogP contribution in [-0.2, 0) is 20.8 Å². The van der Waals surface area contributed by atoms with Crippen LogP contribution in [0.4, 0.5) is 0 Å². The summed E-state index contributed by atoms with van der Waals surface area (Å²) in [6.07, 6.45) is 1.59. The van der Waals surface area contributed by atoms with Crippen LogP contribution in [0.25, 0.3) is 0 Å². The fraction of sp³-hybridized carbons (Fsp3) is 0.600. The van der Waals surface area contributed by atoms with Crippen LogP contribution in [0, 0.1) is 0 Å². The monoisotopic (exact) mass is 228 g/mol. The molecule has 1 aromatic rings. The summed E-state index contributed by atoms with van der Waals surface area (Å²) in [4.78, 5) is 10.9. The molecule has 90 valence electrons. The van der Waals surface area contributed by atoms with E-state index in [-0.39, 0.29) is 12.6 Å². The normalized spacial score (nSPS) is 10.3. The summed E-state index contributed by atoms with van der Waals surface area (Å²) in [5.74, 6) is 0.433. The second-order valence-corrected chi connectivity index (χ2v) is 3.01. The highest BCUT2D eigenvalue weighted by Crippen LogP contribution is 1.94. The average molecular weight is 228 g/mol. The Morgan fingerprint density at radius 1 is 1.62 bits per heavy atom. The smallest absolute Gasteiger partial charge is 0.332 e. The average Bonchev–Trinajstić information content (AvgIpc) is 2.76. The van der Waals surface area contributed by atoms with E-state index in [2.05, 4.69) is 10.5 Å². The van der Waals surface area contributed by atoms with Gasteiger partial charge in [-0.1, -0.05) is 5.16 Å². The molecule has 0 bridgehead atoms. The van der Waals surface area contributed by atoms with Crippen LogP contribution in [0.15, 0.2) is 16.8 Å². The van der Waals surface area contributed by atoms with E-state index >= 15 is 0 Å². The van der Waals surface area contributed by atoms with Gasteiger partial charge in [0.05, 0.1) is 26.0 Å². The van der Waals surface area contributed by atoms with Crippen LogP contribution in [0.5, 0.6) is 0 Å². The van der Waals surface area contributed by atoms with Crippen molar-refractivity contribution in [3.8, 4) is 0 Å². The van der Waals surface area contributed by atoms with Crippen molar-refractivity contribution in [1.82, 2.24) is 10.5 Å². The van der Waals surface area contributed by atoms with Crippen molar-refractivity contribution in [1.29, 1.82) is 0 Å². The number of hydrogen-bond donors (Lipinski definition) is 1. The van der Waals surface area contributed by atoms with Crippen molar-refractivity contribution in [2.75, 3.05) is 26.4 Å². The minimum atomic E-state index is -0.335. The van der Waals surface area contributed by atoms with Crippen LogP contribution in [0.3, 0.4) is 0 Å². The van der Waals surface area contributed by atoms with Gasteiger partial charge in [0.15, 0.2) is 0 Å². The predicted octanol–water partition coefficient (Wildman–Crippen LogP) is 0.344. The second-order valence-electron chi connectivity index (χ2n) is 3.01. The van der Waals surface area contributed by atoms with Gasteiger partial charge in [-0.2, -0.15) is 0 Å². The van der Waals surface area contributed by atoms with Gasteiger partial charge in [0.2, 0.25) is 0 Å². The largest absolute Gasteiger partial charge is 0.464 e. The molecule has 1 aromatic heterocycles. The fourth-order valence-corrected chi connectivity index (χ4v) is 1.05. The van der Waals surface area contributed by atoms with Crippen molar-refractivity contribution < 1.29 is 18.8 Å². The first-order chi connectivity index (χ1) is 7.83. The number of carbonyl (C=O) groups excluding carboxylic acids is 1. The first-order valence-electron chi connectivity index (χ1n) is 5.16. The molecule has 0 saturated heterocycles. The zero-order valence-electron chi connectivity index (χ0n) is 9.27.